The highest BCUT2D eigenvalue weighted by Crippen LogP contribution is 2.14. The fourth-order valence-electron chi connectivity index (χ4n) is 1.48. The van der Waals surface area contributed by atoms with Crippen molar-refractivity contribution in [3.8, 4) is 0 Å². The van der Waals surface area contributed by atoms with Gasteiger partial charge in [-0.15, -0.1) is 0 Å². The molecule has 1 aromatic heterocycles. The van der Waals surface area contributed by atoms with Crippen molar-refractivity contribution in [3.05, 3.63) is 11.8 Å². The van der Waals surface area contributed by atoms with Crippen molar-refractivity contribution in [2.24, 2.45) is 0 Å². The highest BCUT2D eigenvalue weighted by molar-refractivity contribution is 5.91. The summed E-state index contributed by atoms with van der Waals surface area (Å²) in [7, 11) is 0. The molecule has 18 heavy (non-hydrogen) atoms. The fourth-order valence-corrected chi connectivity index (χ4v) is 1.48. The Labute approximate surface area is 106 Å². The van der Waals surface area contributed by atoms with Crippen LogP contribution in [0.4, 0.5) is 5.82 Å². The van der Waals surface area contributed by atoms with Crippen molar-refractivity contribution in [2.45, 2.75) is 33.6 Å². The van der Waals surface area contributed by atoms with Crippen LogP contribution in [0.2, 0.25) is 0 Å². The van der Waals surface area contributed by atoms with E-state index in [1.54, 1.807) is 13.0 Å². The molecule has 0 spiro atoms. The first-order valence-electron chi connectivity index (χ1n) is 6.02. The largest absolute Gasteiger partial charge is 0.360 e. The molecule has 0 saturated heterocycles. The lowest BCUT2D eigenvalue weighted by molar-refractivity contribution is -0.121. The van der Waals surface area contributed by atoms with E-state index < -0.39 is 0 Å². The number of nitrogens with one attached hydrogen (secondary N) is 1. The molecule has 0 aliphatic heterocycles. The molecule has 1 aromatic rings. The number of carbonyl (C=O) groups excluding carboxylic acids is 2. The van der Waals surface area contributed by atoms with Gasteiger partial charge in [0.15, 0.2) is 5.82 Å². The summed E-state index contributed by atoms with van der Waals surface area (Å²) in [6.07, 6.45) is 1.15. The highest BCUT2D eigenvalue weighted by Gasteiger charge is 2.16. The van der Waals surface area contributed by atoms with Crippen LogP contribution >= 0.6 is 0 Å². The van der Waals surface area contributed by atoms with Crippen LogP contribution in [-0.4, -0.2) is 30.1 Å². The Hall–Kier alpha value is -1.85. The topological polar surface area (TPSA) is 75.4 Å². The summed E-state index contributed by atoms with van der Waals surface area (Å²) in [4.78, 5) is 24.4. The minimum Gasteiger partial charge on any atom is -0.360 e. The number of hydrogen-bond donors (Lipinski definition) is 1. The van der Waals surface area contributed by atoms with Gasteiger partial charge in [-0.1, -0.05) is 12.1 Å². The number of anilines is 1. The molecule has 0 aromatic carbocycles. The zero-order valence-corrected chi connectivity index (χ0v) is 11.0. The van der Waals surface area contributed by atoms with E-state index in [-0.39, 0.29) is 18.2 Å². The Bertz CT molecular complexity index is 414. The van der Waals surface area contributed by atoms with Crippen LogP contribution in [-0.2, 0) is 9.59 Å². The Morgan fingerprint density at radius 1 is 1.50 bits per heavy atom. The van der Waals surface area contributed by atoms with Crippen LogP contribution in [0.1, 0.15) is 32.4 Å². The molecule has 0 bridgehead atoms. The Morgan fingerprint density at radius 2 is 2.22 bits per heavy atom. The van der Waals surface area contributed by atoms with Crippen LogP contribution in [0, 0.1) is 6.92 Å². The maximum atomic E-state index is 11.5. The second kappa shape index (κ2) is 6.78. The van der Waals surface area contributed by atoms with E-state index in [0.29, 0.717) is 24.7 Å². The molecule has 2 amide bonds. The summed E-state index contributed by atoms with van der Waals surface area (Å²) >= 11 is 0. The third-order valence-electron chi connectivity index (χ3n) is 2.41. The van der Waals surface area contributed by atoms with Crippen molar-refractivity contribution in [1.82, 2.24) is 10.5 Å². The summed E-state index contributed by atoms with van der Waals surface area (Å²) in [6, 6.07) is 1.67. The summed E-state index contributed by atoms with van der Waals surface area (Å²) in [6.45, 7) is 6.13. The third-order valence-corrected chi connectivity index (χ3v) is 2.41. The smallest absolute Gasteiger partial charge is 0.225 e. The van der Waals surface area contributed by atoms with Crippen molar-refractivity contribution in [3.63, 3.8) is 0 Å². The molecule has 0 aliphatic rings. The molecule has 6 heteroatoms. The molecule has 0 radical (unpaired) electrons. The van der Waals surface area contributed by atoms with Gasteiger partial charge in [-0.05, 0) is 13.3 Å². The first kappa shape index (κ1) is 14.2. The summed E-state index contributed by atoms with van der Waals surface area (Å²) in [5.41, 5.74) is 0. The zero-order chi connectivity index (χ0) is 13.5. The lowest BCUT2D eigenvalue weighted by Gasteiger charge is -2.17. The van der Waals surface area contributed by atoms with Gasteiger partial charge in [0.25, 0.3) is 0 Å². The molecular formula is C12H19N3O3. The molecule has 0 aliphatic carbocycles. The third kappa shape index (κ3) is 4.20. The molecule has 1 rings (SSSR count). The first-order chi connectivity index (χ1) is 8.54. The maximum Gasteiger partial charge on any atom is 0.225 e. The Morgan fingerprint density at radius 3 is 2.72 bits per heavy atom. The van der Waals surface area contributed by atoms with E-state index in [9.17, 15) is 9.59 Å². The van der Waals surface area contributed by atoms with Crippen molar-refractivity contribution in [2.75, 3.05) is 18.0 Å². The molecule has 1 heterocycles. The van der Waals surface area contributed by atoms with E-state index in [1.165, 1.54) is 11.8 Å². The van der Waals surface area contributed by atoms with E-state index in [4.69, 9.17) is 4.52 Å². The van der Waals surface area contributed by atoms with Gasteiger partial charge in [0.05, 0.1) is 0 Å². The van der Waals surface area contributed by atoms with Gasteiger partial charge >= 0.3 is 0 Å². The molecule has 0 fully saturated rings. The van der Waals surface area contributed by atoms with Crippen LogP contribution in [0.25, 0.3) is 0 Å². The number of nitrogens with zero attached hydrogens (tertiary/aromatic N) is 2. The van der Waals surface area contributed by atoms with Crippen molar-refractivity contribution < 1.29 is 14.1 Å². The number of hydrogen-bond acceptors (Lipinski definition) is 4. The first-order valence-corrected chi connectivity index (χ1v) is 6.02. The van der Waals surface area contributed by atoms with E-state index in [1.807, 2.05) is 6.92 Å². The average Bonchev–Trinajstić information content (AvgIpc) is 2.73. The quantitative estimate of drug-likeness (QED) is 0.828. The summed E-state index contributed by atoms with van der Waals surface area (Å²) in [5.74, 6) is 0.852. The van der Waals surface area contributed by atoms with Crippen LogP contribution in [0.5, 0.6) is 0 Å². The molecule has 6 nitrogen and oxygen atoms in total. The molecule has 100 valence electrons. The summed E-state index contributed by atoms with van der Waals surface area (Å²) < 4.78 is 4.92. The van der Waals surface area contributed by atoms with Gasteiger partial charge in [0.2, 0.25) is 11.8 Å². The van der Waals surface area contributed by atoms with Crippen molar-refractivity contribution >= 4 is 17.6 Å². The predicted molar refractivity (Wildman–Crippen MR) is 67.2 cm³/mol. The van der Waals surface area contributed by atoms with Gasteiger partial charge in [0.1, 0.15) is 5.76 Å². The van der Waals surface area contributed by atoms with Crippen molar-refractivity contribution in [1.29, 1.82) is 0 Å². The standard InChI is InChI=1S/C12H19N3O3/c1-4-6-13-12(17)5-7-15(10(3)16)11-8-9(2)18-14-11/h8H,4-7H2,1-3H3,(H,13,17). The van der Waals surface area contributed by atoms with Crippen LogP contribution in [0.15, 0.2) is 10.6 Å². The van der Waals surface area contributed by atoms with Gasteiger partial charge in [-0.25, -0.2) is 0 Å². The van der Waals surface area contributed by atoms with E-state index in [0.717, 1.165) is 6.42 Å². The lowest BCUT2D eigenvalue weighted by Crippen LogP contribution is -2.34. The fraction of sp³-hybridized carbons (Fsp3) is 0.583. The van der Waals surface area contributed by atoms with Gasteiger partial charge in [-0.3, -0.25) is 14.5 Å². The predicted octanol–water partition coefficient (Wildman–Crippen LogP) is 1.25. The molecule has 1 N–H and O–H groups in total. The molecule has 0 saturated carbocycles. The normalized spacial score (nSPS) is 10.2. The Kier molecular flexibility index (Phi) is 5.35. The minimum absolute atomic E-state index is 0.0664. The monoisotopic (exact) mass is 253 g/mol. The number of aryl methyl sites for hydroxylation is 1. The van der Waals surface area contributed by atoms with Gasteiger partial charge in [-0.2, -0.15) is 0 Å². The molecule has 0 unspecified atom stereocenters. The number of carbonyl (C=O) groups is 2. The average molecular weight is 253 g/mol. The van der Waals surface area contributed by atoms with Crippen LogP contribution in [0.3, 0.4) is 0 Å². The van der Waals surface area contributed by atoms with Gasteiger partial charge < -0.3 is 9.84 Å². The molecular weight excluding hydrogens is 234 g/mol. The van der Waals surface area contributed by atoms with Gasteiger partial charge in [0, 0.05) is 32.5 Å². The lowest BCUT2D eigenvalue weighted by atomic mass is 10.3. The minimum atomic E-state index is -0.161. The number of amides is 2. The number of aromatic nitrogens is 1. The highest BCUT2D eigenvalue weighted by atomic mass is 16.5. The maximum absolute atomic E-state index is 11.5. The summed E-state index contributed by atoms with van der Waals surface area (Å²) in [5, 5.41) is 6.54. The zero-order valence-electron chi connectivity index (χ0n) is 11.0. The second-order valence-corrected chi connectivity index (χ2v) is 4.07. The second-order valence-electron chi connectivity index (χ2n) is 4.07. The van der Waals surface area contributed by atoms with Crippen LogP contribution < -0.4 is 10.2 Å². The van der Waals surface area contributed by atoms with E-state index in [2.05, 4.69) is 10.5 Å². The number of rotatable bonds is 6. The van der Waals surface area contributed by atoms with E-state index >= 15 is 0 Å². The SMILES string of the molecule is CCCNC(=O)CCN(C(C)=O)c1cc(C)on1. The molecule has 0 atom stereocenters. The Balaban J connectivity index is 2.54.